The summed E-state index contributed by atoms with van der Waals surface area (Å²) >= 11 is 0. The number of nitrogens with one attached hydrogen (secondary N) is 2. The molecule has 0 aromatic heterocycles. The third-order valence-electron chi connectivity index (χ3n) is 4.13. The van der Waals surface area contributed by atoms with Crippen LogP contribution in [-0.2, 0) is 0 Å². The van der Waals surface area contributed by atoms with Gasteiger partial charge in [0.05, 0.1) is 7.11 Å². The predicted octanol–water partition coefficient (Wildman–Crippen LogP) is 4.51. The highest BCUT2D eigenvalue weighted by Crippen LogP contribution is 2.18. The van der Waals surface area contributed by atoms with E-state index in [4.69, 9.17) is 4.74 Å². The van der Waals surface area contributed by atoms with E-state index in [1.165, 1.54) is 0 Å². The highest BCUT2D eigenvalue weighted by Gasteiger charge is 2.10. The molecular formula is C22H20N2O3. The second-order valence-corrected chi connectivity index (χ2v) is 6.03. The van der Waals surface area contributed by atoms with Crippen molar-refractivity contribution < 1.29 is 14.3 Å². The quantitative estimate of drug-likeness (QED) is 0.703. The Balaban J connectivity index is 1.72. The molecule has 27 heavy (non-hydrogen) atoms. The maximum atomic E-state index is 12.5. The second-order valence-electron chi connectivity index (χ2n) is 6.03. The van der Waals surface area contributed by atoms with Crippen LogP contribution in [-0.4, -0.2) is 18.9 Å². The van der Waals surface area contributed by atoms with Crippen molar-refractivity contribution in [2.45, 2.75) is 6.92 Å². The van der Waals surface area contributed by atoms with Gasteiger partial charge in [0.15, 0.2) is 0 Å². The number of carbonyl (C=O) groups is 2. The van der Waals surface area contributed by atoms with Gasteiger partial charge in [0.2, 0.25) is 0 Å². The van der Waals surface area contributed by atoms with Gasteiger partial charge in [-0.25, -0.2) is 0 Å². The minimum absolute atomic E-state index is 0.232. The van der Waals surface area contributed by atoms with Gasteiger partial charge in [0.25, 0.3) is 11.8 Å². The van der Waals surface area contributed by atoms with Crippen molar-refractivity contribution in [1.82, 2.24) is 0 Å². The monoisotopic (exact) mass is 360 g/mol. The van der Waals surface area contributed by atoms with E-state index in [1.54, 1.807) is 55.6 Å². The van der Waals surface area contributed by atoms with Gasteiger partial charge in [-0.2, -0.15) is 0 Å². The van der Waals surface area contributed by atoms with Crippen LogP contribution in [0.25, 0.3) is 0 Å². The van der Waals surface area contributed by atoms with Crippen molar-refractivity contribution in [3.8, 4) is 5.75 Å². The molecule has 0 saturated heterocycles. The van der Waals surface area contributed by atoms with E-state index < -0.39 is 0 Å². The van der Waals surface area contributed by atoms with E-state index in [0.717, 1.165) is 11.3 Å². The van der Waals surface area contributed by atoms with Crippen molar-refractivity contribution >= 4 is 23.2 Å². The van der Waals surface area contributed by atoms with Crippen LogP contribution in [0.2, 0.25) is 0 Å². The van der Waals surface area contributed by atoms with Crippen LogP contribution >= 0.6 is 0 Å². The van der Waals surface area contributed by atoms with Crippen LogP contribution in [0.4, 0.5) is 11.4 Å². The van der Waals surface area contributed by atoms with Crippen molar-refractivity contribution in [2.24, 2.45) is 0 Å². The molecule has 0 unspecified atom stereocenters. The third kappa shape index (κ3) is 4.52. The molecule has 0 aliphatic heterocycles. The molecule has 5 nitrogen and oxygen atoms in total. The van der Waals surface area contributed by atoms with E-state index >= 15 is 0 Å². The highest BCUT2D eigenvalue weighted by molar-refractivity contribution is 6.07. The summed E-state index contributed by atoms with van der Waals surface area (Å²) in [7, 11) is 1.57. The first-order chi connectivity index (χ1) is 13.1. The van der Waals surface area contributed by atoms with E-state index in [0.29, 0.717) is 22.6 Å². The number of amides is 2. The molecule has 2 amide bonds. The first-order valence-electron chi connectivity index (χ1n) is 8.49. The lowest BCUT2D eigenvalue weighted by molar-refractivity contribution is 0.101. The normalized spacial score (nSPS) is 10.1. The molecule has 3 aromatic rings. The van der Waals surface area contributed by atoms with Gasteiger partial charge >= 0.3 is 0 Å². The van der Waals surface area contributed by atoms with E-state index in [9.17, 15) is 9.59 Å². The van der Waals surface area contributed by atoms with Gasteiger partial charge in [0, 0.05) is 22.5 Å². The molecule has 0 fully saturated rings. The third-order valence-corrected chi connectivity index (χ3v) is 4.13. The molecule has 0 aliphatic rings. The Kier molecular flexibility index (Phi) is 5.52. The fourth-order valence-corrected chi connectivity index (χ4v) is 2.59. The maximum Gasteiger partial charge on any atom is 0.255 e. The number of hydrogen-bond acceptors (Lipinski definition) is 3. The summed E-state index contributed by atoms with van der Waals surface area (Å²) in [5.74, 6) is 0.195. The summed E-state index contributed by atoms with van der Waals surface area (Å²) < 4.78 is 5.09. The van der Waals surface area contributed by atoms with Crippen molar-refractivity contribution in [3.63, 3.8) is 0 Å². The molecule has 3 rings (SSSR count). The summed E-state index contributed by atoms with van der Waals surface area (Å²) in [5.41, 5.74) is 3.26. The molecule has 0 atom stereocenters. The Hall–Kier alpha value is -3.60. The first kappa shape index (κ1) is 18.2. The topological polar surface area (TPSA) is 67.4 Å². The molecule has 136 valence electrons. The van der Waals surface area contributed by atoms with Crippen molar-refractivity contribution in [1.29, 1.82) is 0 Å². The molecule has 0 saturated carbocycles. The van der Waals surface area contributed by atoms with Crippen molar-refractivity contribution in [3.05, 3.63) is 89.5 Å². The Bertz CT molecular complexity index is 965. The van der Waals surface area contributed by atoms with Crippen LogP contribution in [0.1, 0.15) is 26.3 Å². The summed E-state index contributed by atoms with van der Waals surface area (Å²) in [6.07, 6.45) is 0. The number of hydrogen-bond donors (Lipinski definition) is 2. The first-order valence-corrected chi connectivity index (χ1v) is 8.49. The van der Waals surface area contributed by atoms with Gasteiger partial charge in [-0.3, -0.25) is 9.59 Å². The predicted molar refractivity (Wildman–Crippen MR) is 107 cm³/mol. The minimum Gasteiger partial charge on any atom is -0.497 e. The molecular weight excluding hydrogens is 340 g/mol. The highest BCUT2D eigenvalue weighted by atomic mass is 16.5. The van der Waals surface area contributed by atoms with Gasteiger partial charge in [-0.1, -0.05) is 24.3 Å². The largest absolute Gasteiger partial charge is 0.497 e. The fraction of sp³-hybridized carbons (Fsp3) is 0.0909. The lowest BCUT2D eigenvalue weighted by Gasteiger charge is -2.10. The summed E-state index contributed by atoms with van der Waals surface area (Å²) in [6.45, 7) is 1.93. The molecule has 3 aromatic carbocycles. The Morgan fingerprint density at radius 2 is 1.48 bits per heavy atom. The molecule has 0 spiro atoms. The molecule has 0 heterocycles. The number of carbonyl (C=O) groups excluding carboxylic acids is 2. The van der Waals surface area contributed by atoms with Crippen LogP contribution in [0.5, 0.6) is 5.75 Å². The standard InChI is InChI=1S/C22H20N2O3/c1-15-6-3-4-9-20(15)24-22(26)17-7-5-8-18(14-17)23-21(25)16-10-12-19(27-2)13-11-16/h3-14H,1-2H3,(H,23,25)(H,24,26). The maximum absolute atomic E-state index is 12.5. The fourth-order valence-electron chi connectivity index (χ4n) is 2.59. The number of methoxy groups -OCH3 is 1. The second kappa shape index (κ2) is 8.19. The van der Waals surface area contributed by atoms with Crippen LogP contribution in [0.3, 0.4) is 0 Å². The smallest absolute Gasteiger partial charge is 0.255 e. The van der Waals surface area contributed by atoms with Gasteiger partial charge in [0.1, 0.15) is 5.75 Å². The summed E-state index contributed by atoms with van der Waals surface area (Å²) in [6, 6.07) is 21.2. The zero-order valence-corrected chi connectivity index (χ0v) is 15.2. The SMILES string of the molecule is COc1ccc(C(=O)Nc2cccc(C(=O)Nc3ccccc3C)c2)cc1. The van der Waals surface area contributed by atoms with Crippen LogP contribution in [0, 0.1) is 6.92 Å². The molecule has 2 N–H and O–H groups in total. The van der Waals surface area contributed by atoms with Gasteiger partial charge in [-0.15, -0.1) is 0 Å². The Morgan fingerprint density at radius 1 is 0.778 bits per heavy atom. The molecule has 0 bridgehead atoms. The summed E-state index contributed by atoms with van der Waals surface area (Å²) in [5, 5.41) is 5.69. The van der Waals surface area contributed by atoms with E-state index in [-0.39, 0.29) is 11.8 Å². The number of aryl methyl sites for hydroxylation is 1. The van der Waals surface area contributed by atoms with Gasteiger partial charge in [-0.05, 0) is 61.0 Å². The average molecular weight is 360 g/mol. The number of rotatable bonds is 5. The molecule has 0 radical (unpaired) electrons. The molecule has 5 heteroatoms. The number of para-hydroxylation sites is 1. The van der Waals surface area contributed by atoms with Crippen molar-refractivity contribution in [2.75, 3.05) is 17.7 Å². The lowest BCUT2D eigenvalue weighted by atomic mass is 10.1. The van der Waals surface area contributed by atoms with Crippen LogP contribution < -0.4 is 15.4 Å². The van der Waals surface area contributed by atoms with E-state index in [1.807, 2.05) is 31.2 Å². The number of anilines is 2. The Labute approximate surface area is 158 Å². The minimum atomic E-state index is -0.255. The molecule has 0 aliphatic carbocycles. The number of benzene rings is 3. The summed E-state index contributed by atoms with van der Waals surface area (Å²) in [4.78, 5) is 24.9. The Morgan fingerprint density at radius 3 is 2.19 bits per heavy atom. The van der Waals surface area contributed by atoms with E-state index in [2.05, 4.69) is 10.6 Å². The average Bonchev–Trinajstić information content (AvgIpc) is 2.70. The zero-order valence-electron chi connectivity index (χ0n) is 15.2. The van der Waals surface area contributed by atoms with Gasteiger partial charge < -0.3 is 15.4 Å². The van der Waals surface area contributed by atoms with Crippen LogP contribution in [0.15, 0.2) is 72.8 Å². The lowest BCUT2D eigenvalue weighted by Crippen LogP contribution is -2.15. The zero-order chi connectivity index (χ0) is 19.2. The number of ether oxygens (including phenoxy) is 1.